The molecule has 7 heteroatoms. The fourth-order valence-electron chi connectivity index (χ4n) is 2.67. The van der Waals surface area contributed by atoms with Gasteiger partial charge in [-0.2, -0.15) is 0 Å². The number of hydrogen-bond donors (Lipinski definition) is 1. The lowest BCUT2D eigenvalue weighted by atomic mass is 10.2. The molecule has 1 unspecified atom stereocenters. The Hall–Kier alpha value is -2.38. The molecule has 1 N–H and O–H groups in total. The van der Waals surface area contributed by atoms with Crippen LogP contribution in [0.3, 0.4) is 0 Å². The molecule has 2 aromatic heterocycles. The van der Waals surface area contributed by atoms with Crippen molar-refractivity contribution in [2.45, 2.75) is 13.0 Å². The minimum Gasteiger partial charge on any atom is -0.379 e. The lowest BCUT2D eigenvalue weighted by molar-refractivity contribution is 0.0342. The highest BCUT2D eigenvalue weighted by Crippen LogP contribution is 2.14. The summed E-state index contributed by atoms with van der Waals surface area (Å²) >= 11 is 0. The van der Waals surface area contributed by atoms with Gasteiger partial charge in [0.05, 0.1) is 18.9 Å². The van der Waals surface area contributed by atoms with Crippen molar-refractivity contribution in [1.29, 1.82) is 0 Å². The second-order valence-electron chi connectivity index (χ2n) is 5.82. The van der Waals surface area contributed by atoms with Crippen molar-refractivity contribution in [1.82, 2.24) is 25.2 Å². The highest BCUT2D eigenvalue weighted by Gasteiger charge is 2.16. The van der Waals surface area contributed by atoms with Crippen LogP contribution in [0.1, 0.15) is 17.4 Å². The summed E-state index contributed by atoms with van der Waals surface area (Å²) in [5, 5.41) is 3.01. The molecule has 1 amide bonds. The molecule has 0 aliphatic carbocycles. The summed E-state index contributed by atoms with van der Waals surface area (Å²) in [7, 11) is 0. The fraction of sp³-hybridized carbons (Fsp3) is 0.412. The predicted molar refractivity (Wildman–Crippen MR) is 89.5 cm³/mol. The lowest BCUT2D eigenvalue weighted by Gasteiger charge is -2.29. The molecule has 1 atom stereocenters. The Kier molecular flexibility index (Phi) is 5.45. The van der Waals surface area contributed by atoms with Gasteiger partial charge in [0.1, 0.15) is 12.0 Å². The molecule has 3 rings (SSSR count). The standard InChI is InChI=1S/C17H21N5O2/c1-13(11-22-5-7-24-8-6-22)20-17(23)16-4-2-3-15(21-16)14-9-18-12-19-10-14/h2-4,9-10,12-13H,5-8,11H2,1H3,(H,20,23). The van der Waals surface area contributed by atoms with Crippen LogP contribution in [0.4, 0.5) is 0 Å². The van der Waals surface area contributed by atoms with E-state index < -0.39 is 0 Å². The number of nitrogens with zero attached hydrogens (tertiary/aromatic N) is 4. The van der Waals surface area contributed by atoms with Gasteiger partial charge in [-0.15, -0.1) is 0 Å². The van der Waals surface area contributed by atoms with Gasteiger partial charge >= 0.3 is 0 Å². The van der Waals surface area contributed by atoms with Gasteiger partial charge < -0.3 is 10.1 Å². The van der Waals surface area contributed by atoms with E-state index in [4.69, 9.17) is 4.74 Å². The molecular weight excluding hydrogens is 306 g/mol. The number of carbonyl (C=O) groups is 1. The molecule has 0 bridgehead atoms. The Bertz CT molecular complexity index is 674. The third-order valence-corrected chi connectivity index (χ3v) is 3.85. The first kappa shape index (κ1) is 16.5. The normalized spacial score (nSPS) is 16.5. The minimum atomic E-state index is -0.172. The molecule has 1 saturated heterocycles. The van der Waals surface area contributed by atoms with Crippen LogP contribution in [-0.4, -0.2) is 64.6 Å². The van der Waals surface area contributed by atoms with Crippen LogP contribution in [0.2, 0.25) is 0 Å². The van der Waals surface area contributed by atoms with E-state index in [1.54, 1.807) is 18.5 Å². The van der Waals surface area contributed by atoms with Crippen molar-refractivity contribution in [2.75, 3.05) is 32.8 Å². The number of nitrogens with one attached hydrogen (secondary N) is 1. The van der Waals surface area contributed by atoms with Crippen molar-refractivity contribution >= 4 is 5.91 Å². The molecule has 1 aliphatic rings. The van der Waals surface area contributed by atoms with Gasteiger partial charge in [-0.05, 0) is 19.1 Å². The summed E-state index contributed by atoms with van der Waals surface area (Å²) in [5.74, 6) is -0.172. The first-order chi connectivity index (χ1) is 11.7. The molecule has 3 heterocycles. The molecule has 2 aromatic rings. The van der Waals surface area contributed by atoms with E-state index in [0.717, 1.165) is 38.4 Å². The average molecular weight is 327 g/mol. The number of ether oxygens (including phenoxy) is 1. The maximum Gasteiger partial charge on any atom is 0.270 e. The summed E-state index contributed by atoms with van der Waals surface area (Å²) in [6.45, 7) is 6.13. The van der Waals surface area contributed by atoms with Gasteiger partial charge in [-0.3, -0.25) is 9.69 Å². The molecule has 0 aromatic carbocycles. The largest absolute Gasteiger partial charge is 0.379 e. The first-order valence-corrected chi connectivity index (χ1v) is 8.06. The van der Waals surface area contributed by atoms with Crippen LogP contribution in [0.25, 0.3) is 11.3 Å². The molecule has 1 aliphatic heterocycles. The zero-order valence-electron chi connectivity index (χ0n) is 13.7. The summed E-state index contributed by atoms with van der Waals surface area (Å²) in [6.07, 6.45) is 4.82. The van der Waals surface area contributed by atoms with Gasteiger partial charge in [0.2, 0.25) is 0 Å². The monoisotopic (exact) mass is 327 g/mol. The molecule has 0 spiro atoms. The number of pyridine rings is 1. The van der Waals surface area contributed by atoms with Crippen molar-refractivity contribution in [3.05, 3.63) is 42.6 Å². The Morgan fingerprint density at radius 1 is 1.29 bits per heavy atom. The first-order valence-electron chi connectivity index (χ1n) is 8.06. The second kappa shape index (κ2) is 7.94. The van der Waals surface area contributed by atoms with E-state index in [1.807, 2.05) is 19.1 Å². The van der Waals surface area contributed by atoms with Gasteiger partial charge in [-0.25, -0.2) is 15.0 Å². The maximum absolute atomic E-state index is 12.4. The Morgan fingerprint density at radius 3 is 2.79 bits per heavy atom. The Labute approximate surface area is 141 Å². The van der Waals surface area contributed by atoms with Crippen molar-refractivity contribution in [3.63, 3.8) is 0 Å². The molecule has 0 radical (unpaired) electrons. The molecule has 126 valence electrons. The van der Waals surface area contributed by atoms with E-state index in [-0.39, 0.29) is 11.9 Å². The molecule has 1 fully saturated rings. The minimum absolute atomic E-state index is 0.0427. The maximum atomic E-state index is 12.4. The third-order valence-electron chi connectivity index (χ3n) is 3.85. The lowest BCUT2D eigenvalue weighted by Crippen LogP contribution is -2.46. The SMILES string of the molecule is CC(CN1CCOCC1)NC(=O)c1cccc(-c2cncnc2)n1. The van der Waals surface area contributed by atoms with E-state index in [9.17, 15) is 4.79 Å². The number of rotatable bonds is 5. The summed E-state index contributed by atoms with van der Waals surface area (Å²) in [5.41, 5.74) is 1.86. The summed E-state index contributed by atoms with van der Waals surface area (Å²) in [6, 6.07) is 5.41. The quantitative estimate of drug-likeness (QED) is 0.882. The molecule has 7 nitrogen and oxygen atoms in total. The van der Waals surface area contributed by atoms with Gasteiger partial charge in [-0.1, -0.05) is 6.07 Å². The second-order valence-corrected chi connectivity index (χ2v) is 5.82. The van der Waals surface area contributed by atoms with Crippen LogP contribution in [-0.2, 0) is 4.74 Å². The smallest absolute Gasteiger partial charge is 0.270 e. The molecular formula is C17H21N5O2. The summed E-state index contributed by atoms with van der Waals surface area (Å²) in [4.78, 5) is 27.1. The fourth-order valence-corrected chi connectivity index (χ4v) is 2.67. The topological polar surface area (TPSA) is 80.2 Å². The molecule has 0 saturated carbocycles. The van der Waals surface area contributed by atoms with Gasteiger partial charge in [0, 0.05) is 43.6 Å². The van der Waals surface area contributed by atoms with Crippen molar-refractivity contribution in [2.24, 2.45) is 0 Å². The average Bonchev–Trinajstić information content (AvgIpc) is 2.63. The Morgan fingerprint density at radius 2 is 2.04 bits per heavy atom. The zero-order chi connectivity index (χ0) is 16.8. The van der Waals surface area contributed by atoms with Crippen LogP contribution >= 0.6 is 0 Å². The zero-order valence-corrected chi connectivity index (χ0v) is 13.7. The number of aromatic nitrogens is 3. The van der Waals surface area contributed by atoms with Crippen molar-refractivity contribution in [3.8, 4) is 11.3 Å². The van der Waals surface area contributed by atoms with Crippen molar-refractivity contribution < 1.29 is 9.53 Å². The number of morpholine rings is 1. The van der Waals surface area contributed by atoms with Gasteiger partial charge in [0.25, 0.3) is 5.91 Å². The highest BCUT2D eigenvalue weighted by molar-refractivity contribution is 5.93. The van der Waals surface area contributed by atoms with Crippen LogP contribution in [0.15, 0.2) is 36.9 Å². The Balaban J connectivity index is 1.62. The van der Waals surface area contributed by atoms with Crippen LogP contribution < -0.4 is 5.32 Å². The third kappa shape index (κ3) is 4.33. The van der Waals surface area contributed by atoms with Gasteiger partial charge in [0.15, 0.2) is 0 Å². The van der Waals surface area contributed by atoms with Crippen LogP contribution in [0, 0.1) is 0 Å². The highest BCUT2D eigenvalue weighted by atomic mass is 16.5. The van der Waals surface area contributed by atoms with Crippen LogP contribution in [0.5, 0.6) is 0 Å². The van der Waals surface area contributed by atoms with E-state index in [0.29, 0.717) is 11.4 Å². The number of carbonyl (C=O) groups excluding carboxylic acids is 1. The van der Waals surface area contributed by atoms with E-state index in [1.165, 1.54) is 6.33 Å². The number of amides is 1. The van der Waals surface area contributed by atoms with E-state index in [2.05, 4.69) is 25.2 Å². The number of hydrogen-bond acceptors (Lipinski definition) is 6. The predicted octanol–water partition coefficient (Wildman–Crippen LogP) is 0.989. The van der Waals surface area contributed by atoms with E-state index >= 15 is 0 Å². The summed E-state index contributed by atoms with van der Waals surface area (Å²) < 4.78 is 5.34. The molecule has 24 heavy (non-hydrogen) atoms.